The minimum atomic E-state index is -3.98. The molecule has 0 saturated carbocycles. The smallest absolute Gasteiger partial charge is 0.179 e. The Kier molecular flexibility index (Phi) is 6.98. The number of hydrogen-bond donors (Lipinski definition) is 0. The Hall–Kier alpha value is -1.75. The average molecular weight is 535 g/mol. The number of benzene rings is 2. The van der Waals surface area contributed by atoms with Crippen molar-refractivity contribution in [3.05, 3.63) is 58.6 Å². The number of ether oxygens (including phenoxy) is 2. The lowest BCUT2D eigenvalue weighted by Crippen LogP contribution is -2.57. The molecule has 6 nitrogen and oxygen atoms in total. The van der Waals surface area contributed by atoms with Crippen molar-refractivity contribution < 1.29 is 35.1 Å². The minimum absolute atomic E-state index is 0.00600. The second kappa shape index (κ2) is 9.37. The van der Waals surface area contributed by atoms with Gasteiger partial charge < -0.3 is 9.47 Å². The molecule has 2 aliphatic rings. The molecular formula is C23H25ClF2O6S2. The van der Waals surface area contributed by atoms with Gasteiger partial charge in [0.2, 0.25) is 0 Å². The van der Waals surface area contributed by atoms with Gasteiger partial charge in [0.15, 0.2) is 21.4 Å². The number of hydrogen-bond acceptors (Lipinski definition) is 6. The summed E-state index contributed by atoms with van der Waals surface area (Å²) in [6.45, 7) is 1.48. The van der Waals surface area contributed by atoms with Crippen LogP contribution in [0.15, 0.2) is 41.3 Å². The van der Waals surface area contributed by atoms with Crippen molar-refractivity contribution in [3.63, 3.8) is 0 Å². The highest BCUT2D eigenvalue weighted by Gasteiger charge is 2.55. The summed E-state index contributed by atoms with van der Waals surface area (Å²) in [6, 6.07) is 7.55. The molecule has 1 saturated heterocycles. The van der Waals surface area contributed by atoms with E-state index in [-0.39, 0.29) is 53.8 Å². The zero-order valence-electron chi connectivity index (χ0n) is 18.5. The van der Waals surface area contributed by atoms with Crippen LogP contribution in [0.3, 0.4) is 0 Å². The van der Waals surface area contributed by atoms with Crippen LogP contribution in [0.25, 0.3) is 0 Å². The first-order chi connectivity index (χ1) is 16.0. The highest BCUT2D eigenvalue weighted by molar-refractivity contribution is 7.91. The van der Waals surface area contributed by atoms with Crippen molar-refractivity contribution >= 4 is 31.3 Å². The second-order valence-corrected chi connectivity index (χ2v) is 13.6. The first-order valence-corrected chi connectivity index (χ1v) is 14.8. The van der Waals surface area contributed by atoms with Crippen molar-refractivity contribution in [1.82, 2.24) is 0 Å². The largest absolute Gasteiger partial charge is 0.490 e. The quantitative estimate of drug-likeness (QED) is 0.534. The molecule has 0 amide bonds. The molecule has 0 aromatic heterocycles. The Morgan fingerprint density at radius 2 is 1.74 bits per heavy atom. The Bertz CT molecular complexity index is 1280. The standard InChI is InChI=1S/C23H25ClF2O6S2/c1-2-33(27,28)12-9-20-17-13-32-22-19(26)8-7-18(25)21(22)23(17,10-11-31-20)14-34(29,30)16-5-3-15(24)4-6-16/h3-8,17,20H,2,9-14H2,1H3. The zero-order valence-corrected chi connectivity index (χ0v) is 20.9. The molecule has 3 unspecified atom stereocenters. The van der Waals surface area contributed by atoms with Crippen molar-refractivity contribution in [2.75, 3.05) is 30.5 Å². The molecule has 0 N–H and O–H groups in total. The van der Waals surface area contributed by atoms with E-state index in [1.165, 1.54) is 31.2 Å². The molecule has 3 atom stereocenters. The Balaban J connectivity index is 1.82. The number of rotatable bonds is 7. The predicted octanol–water partition coefficient (Wildman–Crippen LogP) is 3.95. The van der Waals surface area contributed by atoms with E-state index in [1.54, 1.807) is 0 Å². The van der Waals surface area contributed by atoms with E-state index in [9.17, 15) is 21.2 Å². The highest BCUT2D eigenvalue weighted by Crippen LogP contribution is 2.52. The number of sulfone groups is 2. The molecule has 1 fully saturated rings. The molecule has 2 aromatic rings. The summed E-state index contributed by atoms with van der Waals surface area (Å²) in [4.78, 5) is 0.00600. The van der Waals surface area contributed by atoms with E-state index < -0.39 is 54.5 Å². The van der Waals surface area contributed by atoms with E-state index in [2.05, 4.69) is 0 Å². The third kappa shape index (κ3) is 4.69. The van der Waals surface area contributed by atoms with Crippen LogP contribution in [0.2, 0.25) is 5.02 Å². The first kappa shape index (κ1) is 25.3. The maximum atomic E-state index is 15.3. The molecule has 0 aliphatic carbocycles. The average Bonchev–Trinajstić information content (AvgIpc) is 2.79. The van der Waals surface area contributed by atoms with Crippen LogP contribution in [0.4, 0.5) is 8.78 Å². The van der Waals surface area contributed by atoms with Crippen LogP contribution >= 0.6 is 11.6 Å². The van der Waals surface area contributed by atoms with E-state index in [4.69, 9.17) is 21.1 Å². The highest BCUT2D eigenvalue weighted by atomic mass is 35.5. The van der Waals surface area contributed by atoms with Crippen molar-refractivity contribution in [1.29, 1.82) is 0 Å². The lowest BCUT2D eigenvalue weighted by atomic mass is 9.64. The SMILES string of the molecule is CCS(=O)(=O)CCC1OCCC2(CS(=O)(=O)c3ccc(Cl)cc3)c3c(F)ccc(F)c3OCC12. The molecule has 186 valence electrons. The maximum absolute atomic E-state index is 15.3. The summed E-state index contributed by atoms with van der Waals surface area (Å²) in [7, 11) is -7.30. The summed E-state index contributed by atoms with van der Waals surface area (Å²) in [5.74, 6) is -3.26. The van der Waals surface area contributed by atoms with E-state index in [0.29, 0.717) is 5.02 Å². The molecule has 2 heterocycles. The van der Waals surface area contributed by atoms with Gasteiger partial charge >= 0.3 is 0 Å². The maximum Gasteiger partial charge on any atom is 0.179 e. The third-order valence-electron chi connectivity index (χ3n) is 6.78. The normalized spacial score (nSPS) is 24.7. The fourth-order valence-electron chi connectivity index (χ4n) is 4.98. The van der Waals surface area contributed by atoms with Crippen LogP contribution < -0.4 is 4.74 Å². The summed E-state index contributed by atoms with van der Waals surface area (Å²) < 4.78 is 92.6. The Morgan fingerprint density at radius 3 is 2.41 bits per heavy atom. The molecule has 0 bridgehead atoms. The van der Waals surface area contributed by atoms with E-state index >= 15 is 4.39 Å². The van der Waals surface area contributed by atoms with Gasteiger partial charge in [0.1, 0.15) is 15.7 Å². The van der Waals surface area contributed by atoms with Gasteiger partial charge in [-0.2, -0.15) is 0 Å². The van der Waals surface area contributed by atoms with Crippen molar-refractivity contribution in [2.45, 2.75) is 36.2 Å². The molecule has 11 heteroatoms. The van der Waals surface area contributed by atoms with Gasteiger partial charge in [0, 0.05) is 34.3 Å². The van der Waals surface area contributed by atoms with E-state index in [1.807, 2.05) is 0 Å². The Labute approximate surface area is 203 Å². The van der Waals surface area contributed by atoms with Crippen LogP contribution in [0.1, 0.15) is 25.3 Å². The number of fused-ring (bicyclic) bond motifs is 3. The molecule has 34 heavy (non-hydrogen) atoms. The molecule has 0 radical (unpaired) electrons. The third-order valence-corrected chi connectivity index (χ3v) is 10.7. The molecular weight excluding hydrogens is 510 g/mol. The van der Waals surface area contributed by atoms with E-state index in [0.717, 1.165) is 12.1 Å². The molecule has 4 rings (SSSR count). The van der Waals surface area contributed by atoms with Gasteiger partial charge in [0.25, 0.3) is 0 Å². The van der Waals surface area contributed by atoms with Crippen LogP contribution in [-0.4, -0.2) is 53.4 Å². The van der Waals surface area contributed by atoms with Gasteiger partial charge in [-0.05, 0) is 49.2 Å². The second-order valence-electron chi connectivity index (χ2n) is 8.70. The minimum Gasteiger partial charge on any atom is -0.490 e. The van der Waals surface area contributed by atoms with Gasteiger partial charge in [-0.3, -0.25) is 0 Å². The van der Waals surface area contributed by atoms with Crippen molar-refractivity contribution in [3.8, 4) is 5.75 Å². The van der Waals surface area contributed by atoms with Gasteiger partial charge in [-0.1, -0.05) is 18.5 Å². The fourth-order valence-corrected chi connectivity index (χ4v) is 7.88. The lowest BCUT2D eigenvalue weighted by molar-refractivity contribution is -0.0899. The summed E-state index contributed by atoms with van der Waals surface area (Å²) in [6.07, 6.45) is -0.497. The van der Waals surface area contributed by atoms with Gasteiger partial charge in [-0.25, -0.2) is 25.6 Å². The number of halogens is 3. The van der Waals surface area contributed by atoms with Gasteiger partial charge in [0.05, 0.1) is 29.1 Å². The summed E-state index contributed by atoms with van der Waals surface area (Å²) in [5.41, 5.74) is -1.50. The summed E-state index contributed by atoms with van der Waals surface area (Å²) in [5, 5.41) is 0.364. The predicted molar refractivity (Wildman–Crippen MR) is 124 cm³/mol. The fraction of sp³-hybridized carbons (Fsp3) is 0.478. The van der Waals surface area contributed by atoms with Gasteiger partial charge in [-0.15, -0.1) is 0 Å². The van der Waals surface area contributed by atoms with Crippen LogP contribution in [-0.2, 0) is 29.8 Å². The molecule has 2 aromatic carbocycles. The molecule has 2 aliphatic heterocycles. The summed E-state index contributed by atoms with van der Waals surface area (Å²) >= 11 is 5.90. The molecule has 0 spiro atoms. The monoisotopic (exact) mass is 534 g/mol. The zero-order chi connectivity index (χ0) is 24.7. The topological polar surface area (TPSA) is 86.7 Å². The van der Waals surface area contributed by atoms with Crippen LogP contribution in [0, 0.1) is 17.6 Å². The van der Waals surface area contributed by atoms with Crippen LogP contribution in [0.5, 0.6) is 5.75 Å². The van der Waals surface area contributed by atoms with Crippen molar-refractivity contribution in [2.24, 2.45) is 5.92 Å². The first-order valence-electron chi connectivity index (χ1n) is 10.9. The lowest BCUT2D eigenvalue weighted by Gasteiger charge is -2.51. The Morgan fingerprint density at radius 1 is 1.06 bits per heavy atom.